The van der Waals surface area contributed by atoms with E-state index >= 15 is 0 Å². The van der Waals surface area contributed by atoms with E-state index in [4.69, 9.17) is 21.1 Å². The third-order valence-electron chi connectivity index (χ3n) is 3.73. The topological polar surface area (TPSA) is 44.2 Å². The molecule has 1 aliphatic rings. The quantitative estimate of drug-likeness (QED) is 0.597. The maximum Gasteiger partial charge on any atom is 0.222 e. The molecule has 0 atom stereocenters. The van der Waals surface area contributed by atoms with Gasteiger partial charge in [0.05, 0.1) is 23.8 Å². The molecule has 26 heavy (non-hydrogen) atoms. The normalized spacial score (nSPS) is 20.0. The standard InChI is InChI=1S/C20H18ClFN2O2/c1-2-3-4-15-12-25-19(26-13-15)8-5-14-10-23-20(24-11-14)16-6-7-17(21)18(22)9-16/h3-4,6-7,9-11,15,19H,2,12-13H2,1H3/b4-3+. The van der Waals surface area contributed by atoms with Crippen LogP contribution in [0.5, 0.6) is 0 Å². The van der Waals surface area contributed by atoms with E-state index < -0.39 is 12.1 Å². The van der Waals surface area contributed by atoms with Crippen molar-refractivity contribution < 1.29 is 13.9 Å². The molecule has 1 fully saturated rings. The highest BCUT2D eigenvalue weighted by Gasteiger charge is 2.18. The summed E-state index contributed by atoms with van der Waals surface area (Å²) >= 11 is 5.68. The second kappa shape index (κ2) is 8.91. The second-order valence-electron chi connectivity index (χ2n) is 5.79. The first-order chi connectivity index (χ1) is 12.7. The maximum atomic E-state index is 13.5. The smallest absolute Gasteiger partial charge is 0.222 e. The molecule has 0 amide bonds. The summed E-state index contributed by atoms with van der Waals surface area (Å²) in [5.74, 6) is 6.02. The van der Waals surface area contributed by atoms with Gasteiger partial charge in [-0.15, -0.1) is 0 Å². The van der Waals surface area contributed by atoms with Crippen LogP contribution in [0.25, 0.3) is 11.4 Å². The lowest BCUT2D eigenvalue weighted by Gasteiger charge is -2.24. The molecular weight excluding hydrogens is 355 g/mol. The molecular formula is C20H18ClFN2O2. The number of benzene rings is 1. The van der Waals surface area contributed by atoms with Crippen molar-refractivity contribution in [3.63, 3.8) is 0 Å². The van der Waals surface area contributed by atoms with Crippen molar-refractivity contribution in [2.75, 3.05) is 13.2 Å². The zero-order chi connectivity index (χ0) is 18.4. The van der Waals surface area contributed by atoms with Crippen LogP contribution in [-0.4, -0.2) is 29.5 Å². The summed E-state index contributed by atoms with van der Waals surface area (Å²) in [7, 11) is 0. The van der Waals surface area contributed by atoms with Gasteiger partial charge in [-0.3, -0.25) is 0 Å². The van der Waals surface area contributed by atoms with Crippen LogP contribution in [0, 0.1) is 23.6 Å². The van der Waals surface area contributed by atoms with Gasteiger partial charge in [-0.2, -0.15) is 0 Å². The van der Waals surface area contributed by atoms with Crippen molar-refractivity contribution in [1.82, 2.24) is 9.97 Å². The fourth-order valence-corrected chi connectivity index (χ4v) is 2.48. The largest absolute Gasteiger partial charge is 0.341 e. The highest BCUT2D eigenvalue weighted by molar-refractivity contribution is 6.30. The number of nitrogens with zero attached hydrogens (tertiary/aromatic N) is 2. The Kier molecular flexibility index (Phi) is 6.35. The predicted molar refractivity (Wildman–Crippen MR) is 97.9 cm³/mol. The van der Waals surface area contributed by atoms with Crippen LogP contribution in [0.1, 0.15) is 18.9 Å². The van der Waals surface area contributed by atoms with E-state index in [9.17, 15) is 4.39 Å². The van der Waals surface area contributed by atoms with Gasteiger partial charge in [0, 0.05) is 23.9 Å². The van der Waals surface area contributed by atoms with Crippen molar-refractivity contribution >= 4 is 11.6 Å². The van der Waals surface area contributed by atoms with Crippen LogP contribution in [0.4, 0.5) is 4.39 Å². The van der Waals surface area contributed by atoms with Gasteiger partial charge < -0.3 is 9.47 Å². The number of halogens is 2. The fraction of sp³-hybridized carbons (Fsp3) is 0.300. The van der Waals surface area contributed by atoms with Crippen LogP contribution in [-0.2, 0) is 9.47 Å². The van der Waals surface area contributed by atoms with Crippen LogP contribution in [0.15, 0.2) is 42.7 Å². The van der Waals surface area contributed by atoms with Gasteiger partial charge >= 0.3 is 0 Å². The molecule has 0 unspecified atom stereocenters. The van der Waals surface area contributed by atoms with E-state index in [0.717, 1.165) is 6.42 Å². The Hall–Kier alpha value is -2.26. The van der Waals surface area contributed by atoms with Gasteiger partial charge in [-0.1, -0.05) is 36.6 Å². The highest BCUT2D eigenvalue weighted by Crippen LogP contribution is 2.21. The van der Waals surface area contributed by atoms with E-state index in [-0.39, 0.29) is 10.9 Å². The Bertz CT molecular complexity index is 835. The highest BCUT2D eigenvalue weighted by atomic mass is 35.5. The molecule has 1 saturated heterocycles. The molecule has 0 aliphatic carbocycles. The fourth-order valence-electron chi connectivity index (χ4n) is 2.36. The van der Waals surface area contributed by atoms with Crippen molar-refractivity contribution in [2.45, 2.75) is 19.6 Å². The molecule has 6 heteroatoms. The van der Waals surface area contributed by atoms with Crippen molar-refractivity contribution in [2.24, 2.45) is 5.92 Å². The maximum absolute atomic E-state index is 13.5. The van der Waals surface area contributed by atoms with Gasteiger partial charge in [0.15, 0.2) is 5.82 Å². The molecule has 1 aromatic carbocycles. The Balaban J connectivity index is 1.61. The first kappa shape index (κ1) is 18.5. The molecule has 134 valence electrons. The van der Waals surface area contributed by atoms with E-state index in [1.54, 1.807) is 18.5 Å². The van der Waals surface area contributed by atoms with Crippen molar-refractivity contribution in [1.29, 1.82) is 0 Å². The zero-order valence-corrected chi connectivity index (χ0v) is 15.0. The minimum absolute atomic E-state index is 0.0659. The molecule has 3 rings (SSSR count). The van der Waals surface area contributed by atoms with E-state index in [1.165, 1.54) is 12.1 Å². The average Bonchev–Trinajstić information content (AvgIpc) is 2.68. The molecule has 4 nitrogen and oxygen atoms in total. The number of rotatable bonds is 3. The molecule has 2 aromatic rings. The monoisotopic (exact) mass is 372 g/mol. The van der Waals surface area contributed by atoms with Crippen LogP contribution < -0.4 is 0 Å². The molecule has 2 heterocycles. The average molecular weight is 373 g/mol. The Morgan fingerprint density at radius 3 is 2.65 bits per heavy atom. The number of hydrogen-bond acceptors (Lipinski definition) is 4. The minimum Gasteiger partial charge on any atom is -0.341 e. The Labute approximate surface area is 157 Å². The molecule has 0 radical (unpaired) electrons. The number of aromatic nitrogens is 2. The first-order valence-corrected chi connectivity index (χ1v) is 8.72. The zero-order valence-electron chi connectivity index (χ0n) is 14.3. The molecule has 0 N–H and O–H groups in total. The Morgan fingerprint density at radius 1 is 1.27 bits per heavy atom. The summed E-state index contributed by atoms with van der Waals surface area (Å²) in [6.07, 6.45) is 7.82. The van der Waals surface area contributed by atoms with Gasteiger partial charge in [0.2, 0.25) is 6.29 Å². The summed E-state index contributed by atoms with van der Waals surface area (Å²) in [5.41, 5.74) is 1.18. The third kappa shape index (κ3) is 4.89. The summed E-state index contributed by atoms with van der Waals surface area (Å²) in [4.78, 5) is 8.43. The molecule has 0 saturated carbocycles. The summed E-state index contributed by atoms with van der Waals surface area (Å²) < 4.78 is 24.7. The van der Waals surface area contributed by atoms with E-state index in [0.29, 0.717) is 30.2 Å². The van der Waals surface area contributed by atoms with Gasteiger partial charge in [0.25, 0.3) is 0 Å². The number of ether oxygens (including phenoxy) is 2. The summed E-state index contributed by atoms with van der Waals surface area (Å²) in [5, 5.41) is 0.0659. The minimum atomic E-state index is -0.550. The lowest BCUT2D eigenvalue weighted by molar-refractivity contribution is -0.160. The third-order valence-corrected chi connectivity index (χ3v) is 4.04. The van der Waals surface area contributed by atoms with Crippen LogP contribution in [0.3, 0.4) is 0 Å². The molecule has 0 spiro atoms. The summed E-state index contributed by atoms with van der Waals surface area (Å²) in [6, 6.07) is 4.44. The van der Waals surface area contributed by atoms with Crippen molar-refractivity contribution in [3.05, 3.63) is 59.1 Å². The predicted octanol–water partition coefficient (Wildman–Crippen LogP) is 4.24. The first-order valence-electron chi connectivity index (χ1n) is 8.34. The summed E-state index contributed by atoms with van der Waals surface area (Å²) in [6.45, 7) is 3.27. The van der Waals surface area contributed by atoms with Crippen LogP contribution in [0.2, 0.25) is 5.02 Å². The van der Waals surface area contributed by atoms with E-state index in [2.05, 4.69) is 40.9 Å². The van der Waals surface area contributed by atoms with Gasteiger partial charge in [-0.05, 0) is 30.5 Å². The lowest BCUT2D eigenvalue weighted by atomic mass is 10.1. The van der Waals surface area contributed by atoms with E-state index in [1.807, 2.05) is 0 Å². The second-order valence-corrected chi connectivity index (χ2v) is 6.20. The Morgan fingerprint density at radius 2 is 2.00 bits per heavy atom. The molecule has 0 bridgehead atoms. The van der Waals surface area contributed by atoms with Gasteiger partial charge in [0.1, 0.15) is 5.82 Å². The number of hydrogen-bond donors (Lipinski definition) is 0. The SMILES string of the molecule is CC/C=C/C1COC(C#Cc2cnc(-c3ccc(Cl)c(F)c3)nc2)OC1. The number of allylic oxidation sites excluding steroid dienone is 1. The van der Waals surface area contributed by atoms with Crippen LogP contribution >= 0.6 is 11.6 Å². The molecule has 1 aromatic heterocycles. The molecule has 1 aliphatic heterocycles. The van der Waals surface area contributed by atoms with Gasteiger partial charge in [-0.25, -0.2) is 14.4 Å². The van der Waals surface area contributed by atoms with Crippen molar-refractivity contribution in [3.8, 4) is 23.2 Å². The lowest BCUT2D eigenvalue weighted by Crippen LogP contribution is -2.30.